The SMILES string of the molecule is CC(C)[Si]1(C(C)C)OC[C@H]2O[C@@H](n3cccnc3=O)C(=O)[C@@H]2O[Si](C(C)C)(C(C)C)O1. The Labute approximate surface area is 186 Å². The number of rotatable bonds is 5. The fourth-order valence-electron chi connectivity index (χ4n) is 4.76. The first kappa shape index (κ1) is 24.5. The van der Waals surface area contributed by atoms with Crippen LogP contribution in [0.25, 0.3) is 0 Å². The van der Waals surface area contributed by atoms with Crippen molar-refractivity contribution in [2.75, 3.05) is 6.61 Å². The summed E-state index contributed by atoms with van der Waals surface area (Å²) in [6.45, 7) is 17.2. The topological polar surface area (TPSA) is 88.9 Å². The van der Waals surface area contributed by atoms with Crippen molar-refractivity contribution in [2.24, 2.45) is 0 Å². The fourth-order valence-corrected chi connectivity index (χ4v) is 15.9. The second kappa shape index (κ2) is 8.99. The highest BCUT2D eigenvalue weighted by atomic mass is 28.5. The molecule has 31 heavy (non-hydrogen) atoms. The van der Waals surface area contributed by atoms with E-state index in [2.05, 4.69) is 60.4 Å². The van der Waals surface area contributed by atoms with E-state index in [1.807, 2.05) is 0 Å². The Hall–Kier alpha value is -1.18. The molecule has 0 spiro atoms. The minimum Gasteiger partial charge on any atom is -0.414 e. The molecule has 2 aliphatic rings. The maximum atomic E-state index is 13.4. The number of nitrogens with zero attached hydrogens (tertiary/aromatic N) is 2. The van der Waals surface area contributed by atoms with Crippen molar-refractivity contribution in [1.29, 1.82) is 0 Å². The fraction of sp³-hybridized carbons (Fsp3) is 0.762. The molecule has 0 amide bonds. The lowest BCUT2D eigenvalue weighted by Crippen LogP contribution is -2.65. The van der Waals surface area contributed by atoms with E-state index in [1.165, 1.54) is 17.0 Å². The predicted octanol–water partition coefficient (Wildman–Crippen LogP) is 3.67. The molecule has 8 nitrogen and oxygen atoms in total. The van der Waals surface area contributed by atoms with E-state index in [-0.39, 0.29) is 34.6 Å². The van der Waals surface area contributed by atoms with Crippen LogP contribution in [0.4, 0.5) is 0 Å². The molecule has 0 bridgehead atoms. The molecule has 1 aromatic rings. The zero-order chi connectivity index (χ0) is 23.1. The zero-order valence-electron chi connectivity index (χ0n) is 19.8. The minimum absolute atomic E-state index is 0.104. The van der Waals surface area contributed by atoms with Crippen LogP contribution >= 0.6 is 0 Å². The van der Waals surface area contributed by atoms with Gasteiger partial charge in [-0.2, -0.15) is 0 Å². The van der Waals surface area contributed by atoms with Crippen LogP contribution in [0.2, 0.25) is 22.2 Å². The summed E-state index contributed by atoms with van der Waals surface area (Å²) in [5.74, 6) is -0.284. The van der Waals surface area contributed by atoms with Gasteiger partial charge in [0.2, 0.25) is 12.0 Å². The largest absolute Gasteiger partial charge is 0.414 e. The van der Waals surface area contributed by atoms with Gasteiger partial charge in [-0.05, 0) is 28.2 Å². The molecule has 0 radical (unpaired) electrons. The van der Waals surface area contributed by atoms with Gasteiger partial charge in [0.05, 0.1) is 6.61 Å². The Morgan fingerprint density at radius 2 is 1.55 bits per heavy atom. The Kier molecular flexibility index (Phi) is 7.09. The van der Waals surface area contributed by atoms with Crippen LogP contribution in [0.3, 0.4) is 0 Å². The van der Waals surface area contributed by atoms with Crippen LogP contribution in [0, 0.1) is 0 Å². The van der Waals surface area contributed by atoms with Crippen molar-refractivity contribution in [3.63, 3.8) is 0 Å². The molecule has 0 aromatic carbocycles. The van der Waals surface area contributed by atoms with Gasteiger partial charge in [-0.15, -0.1) is 0 Å². The first-order chi connectivity index (χ1) is 14.5. The first-order valence-corrected chi connectivity index (χ1v) is 15.1. The van der Waals surface area contributed by atoms with Gasteiger partial charge < -0.3 is 17.7 Å². The van der Waals surface area contributed by atoms with E-state index in [0.29, 0.717) is 0 Å². The van der Waals surface area contributed by atoms with Gasteiger partial charge in [-0.3, -0.25) is 9.36 Å². The van der Waals surface area contributed by atoms with Gasteiger partial charge in [0.1, 0.15) is 12.2 Å². The van der Waals surface area contributed by atoms with Gasteiger partial charge >= 0.3 is 22.8 Å². The quantitative estimate of drug-likeness (QED) is 0.609. The molecule has 0 N–H and O–H groups in total. The summed E-state index contributed by atoms with van der Waals surface area (Å²) in [6.07, 6.45) is 0.418. The van der Waals surface area contributed by atoms with Gasteiger partial charge in [0, 0.05) is 12.4 Å². The molecular formula is C21H36N2O6Si2. The predicted molar refractivity (Wildman–Crippen MR) is 121 cm³/mol. The summed E-state index contributed by atoms with van der Waals surface area (Å²) in [5.41, 5.74) is 0.0766. The molecule has 174 valence electrons. The maximum Gasteiger partial charge on any atom is 0.349 e. The molecular weight excluding hydrogens is 432 g/mol. The normalized spacial score (nSPS) is 28.3. The van der Waals surface area contributed by atoms with E-state index >= 15 is 0 Å². The summed E-state index contributed by atoms with van der Waals surface area (Å²) in [7, 11) is -5.63. The molecule has 0 aliphatic carbocycles. The van der Waals surface area contributed by atoms with Crippen LogP contribution < -0.4 is 5.69 Å². The monoisotopic (exact) mass is 468 g/mol. The lowest BCUT2D eigenvalue weighted by molar-refractivity contribution is -0.130. The molecule has 3 rings (SSSR count). The number of carbonyl (C=O) groups excluding carboxylic acids is 1. The van der Waals surface area contributed by atoms with Crippen molar-refractivity contribution < 1.29 is 22.5 Å². The molecule has 2 aliphatic heterocycles. The molecule has 0 saturated carbocycles. The molecule has 2 saturated heterocycles. The third-order valence-corrected chi connectivity index (χ3v) is 16.7. The summed E-state index contributed by atoms with van der Waals surface area (Å²) >= 11 is 0. The number of aromatic nitrogens is 2. The average Bonchev–Trinajstić information content (AvgIpc) is 2.96. The van der Waals surface area contributed by atoms with Crippen molar-refractivity contribution in [3.05, 3.63) is 28.9 Å². The smallest absolute Gasteiger partial charge is 0.349 e. The van der Waals surface area contributed by atoms with Gasteiger partial charge in [-0.25, -0.2) is 9.78 Å². The Bertz CT molecular complexity index is 840. The van der Waals surface area contributed by atoms with E-state index in [9.17, 15) is 9.59 Å². The number of Topliss-reactive ketones (excluding diaryl/α,β-unsaturated/α-hetero) is 1. The van der Waals surface area contributed by atoms with Gasteiger partial charge in [0.25, 0.3) is 0 Å². The number of fused-ring (bicyclic) bond motifs is 1. The minimum atomic E-state index is -2.92. The highest BCUT2D eigenvalue weighted by molar-refractivity contribution is 6.84. The number of hydrogen-bond donors (Lipinski definition) is 0. The Balaban J connectivity index is 2.08. The summed E-state index contributed by atoms with van der Waals surface area (Å²) in [5, 5.41) is 0. The van der Waals surface area contributed by atoms with Crippen LogP contribution in [0.5, 0.6) is 0 Å². The lowest BCUT2D eigenvalue weighted by Gasteiger charge is -2.50. The molecule has 3 heterocycles. The first-order valence-electron chi connectivity index (χ1n) is 11.2. The van der Waals surface area contributed by atoms with Crippen LogP contribution in [-0.2, 0) is 22.5 Å². The molecule has 2 fully saturated rings. The van der Waals surface area contributed by atoms with Gasteiger partial charge in [0.15, 0.2) is 0 Å². The average molecular weight is 469 g/mol. The third kappa shape index (κ3) is 4.13. The number of hydrogen-bond acceptors (Lipinski definition) is 7. The van der Waals surface area contributed by atoms with Crippen molar-refractivity contribution in [2.45, 2.75) is 96.0 Å². The van der Waals surface area contributed by atoms with E-state index in [1.54, 1.807) is 6.07 Å². The number of ketones is 1. The Morgan fingerprint density at radius 3 is 2.06 bits per heavy atom. The highest BCUT2D eigenvalue weighted by Gasteiger charge is 2.61. The summed E-state index contributed by atoms with van der Waals surface area (Å²) in [4.78, 5) is 29.4. The van der Waals surface area contributed by atoms with E-state index in [4.69, 9.17) is 17.7 Å². The second-order valence-corrected chi connectivity index (χ2v) is 18.6. The standard InChI is InChI=1S/C21H36N2O6Si2/c1-13(2)30(14(3)4)26-12-17-19(28-31(29-30,15(5)6)16(7)8)18(24)20(27-17)23-11-9-10-22-21(23)25/h9-11,13-17,19-20H,12H2,1-8H3/t17-,19-,20-/m1/s1. The highest BCUT2D eigenvalue weighted by Crippen LogP contribution is 2.47. The molecule has 3 atom stereocenters. The third-order valence-electron chi connectivity index (χ3n) is 6.48. The van der Waals surface area contributed by atoms with E-state index < -0.39 is 41.2 Å². The molecule has 1 aromatic heterocycles. The van der Waals surface area contributed by atoms with Crippen molar-refractivity contribution in [1.82, 2.24) is 9.55 Å². The lowest BCUT2D eigenvalue weighted by atomic mass is 10.1. The van der Waals surface area contributed by atoms with Crippen LogP contribution in [0.15, 0.2) is 23.3 Å². The summed E-state index contributed by atoms with van der Waals surface area (Å²) in [6, 6.07) is 1.61. The van der Waals surface area contributed by atoms with Crippen LogP contribution in [0.1, 0.15) is 61.6 Å². The summed E-state index contributed by atoms with van der Waals surface area (Å²) < 4.78 is 27.8. The number of carbonyl (C=O) groups is 1. The van der Waals surface area contributed by atoms with Crippen LogP contribution in [-0.4, -0.2) is 51.3 Å². The zero-order valence-corrected chi connectivity index (χ0v) is 21.8. The number of ether oxygens (including phenoxy) is 1. The maximum absolute atomic E-state index is 13.4. The Morgan fingerprint density at radius 1 is 0.968 bits per heavy atom. The van der Waals surface area contributed by atoms with Crippen molar-refractivity contribution >= 4 is 22.9 Å². The molecule has 0 unspecified atom stereocenters. The van der Waals surface area contributed by atoms with E-state index in [0.717, 1.165) is 0 Å². The molecule has 10 heteroatoms. The second-order valence-electron chi connectivity index (χ2n) is 9.75. The van der Waals surface area contributed by atoms with Crippen molar-refractivity contribution in [3.8, 4) is 0 Å². The van der Waals surface area contributed by atoms with Gasteiger partial charge in [-0.1, -0.05) is 55.4 Å².